The fourth-order valence-corrected chi connectivity index (χ4v) is 4.66. The number of aromatic amines is 1. The average Bonchev–Trinajstić information content (AvgIpc) is 3.44. The largest absolute Gasteiger partial charge is 0.455 e. The molecule has 2 fully saturated rings. The van der Waals surface area contributed by atoms with E-state index >= 15 is 0 Å². The Morgan fingerprint density at radius 3 is 2.58 bits per heavy atom. The van der Waals surface area contributed by atoms with Gasteiger partial charge >= 0.3 is 0 Å². The third-order valence-corrected chi connectivity index (χ3v) is 6.77. The van der Waals surface area contributed by atoms with Crippen LogP contribution in [0, 0.1) is 11.3 Å². The quantitative estimate of drug-likeness (QED) is 0.608. The van der Waals surface area contributed by atoms with Gasteiger partial charge in [-0.2, -0.15) is 5.10 Å². The maximum Gasteiger partial charge on any atom is 0.291 e. The van der Waals surface area contributed by atoms with Gasteiger partial charge in [-0.25, -0.2) is 0 Å². The Balaban J connectivity index is 0.00000324. The summed E-state index contributed by atoms with van der Waals surface area (Å²) >= 11 is 0. The highest BCUT2D eigenvalue weighted by atomic mass is 16.5. The molecular weight excluding hydrogens is 422 g/mol. The summed E-state index contributed by atoms with van der Waals surface area (Å²) in [6.07, 6.45) is 5.57. The van der Waals surface area contributed by atoms with E-state index in [1.54, 1.807) is 12.1 Å². The van der Waals surface area contributed by atoms with E-state index in [0.29, 0.717) is 36.8 Å². The molecule has 0 bridgehead atoms. The molecule has 2 aromatic rings. The van der Waals surface area contributed by atoms with Crippen LogP contribution in [0.15, 0.2) is 22.7 Å². The van der Waals surface area contributed by atoms with Crippen molar-refractivity contribution in [3.05, 3.63) is 35.5 Å². The van der Waals surface area contributed by atoms with Crippen molar-refractivity contribution in [2.75, 3.05) is 31.6 Å². The lowest BCUT2D eigenvalue weighted by Gasteiger charge is -2.37. The Morgan fingerprint density at radius 2 is 1.88 bits per heavy atom. The van der Waals surface area contributed by atoms with E-state index in [9.17, 15) is 9.59 Å². The van der Waals surface area contributed by atoms with E-state index < -0.39 is 5.91 Å². The Kier molecular flexibility index (Phi) is 7.19. The summed E-state index contributed by atoms with van der Waals surface area (Å²) in [6, 6.07) is 3.59. The molecule has 3 N–H and O–H groups in total. The maximum absolute atomic E-state index is 12.8. The predicted octanol–water partition coefficient (Wildman–Crippen LogP) is 3.67. The minimum absolute atomic E-state index is 0. The monoisotopic (exact) mass is 459 g/mol. The number of nitrogens with one attached hydrogen (secondary N) is 3. The average molecular weight is 460 g/mol. The second-order valence-electron chi connectivity index (χ2n) is 10.2. The van der Waals surface area contributed by atoms with Gasteiger partial charge < -0.3 is 19.8 Å². The van der Waals surface area contributed by atoms with Gasteiger partial charge in [0, 0.05) is 20.6 Å². The van der Waals surface area contributed by atoms with Gasteiger partial charge in [-0.3, -0.25) is 19.6 Å². The van der Waals surface area contributed by atoms with Crippen molar-refractivity contribution >= 4 is 17.5 Å². The zero-order chi connectivity index (χ0) is 23.4. The van der Waals surface area contributed by atoms with Gasteiger partial charge in [-0.15, -0.1) is 0 Å². The summed E-state index contributed by atoms with van der Waals surface area (Å²) in [5.41, 5.74) is 0.886. The summed E-state index contributed by atoms with van der Waals surface area (Å²) in [4.78, 5) is 27.8. The fourth-order valence-electron chi connectivity index (χ4n) is 4.66. The summed E-state index contributed by atoms with van der Waals surface area (Å²) in [5, 5.41) is 12.5. The first-order valence-corrected chi connectivity index (χ1v) is 11.8. The molecule has 2 aliphatic rings. The molecule has 1 aliphatic heterocycles. The number of carbonyl (C=O) groups is 2. The normalized spacial score (nSPS) is 22.2. The number of ether oxygens (including phenoxy) is 1. The van der Waals surface area contributed by atoms with Crippen LogP contribution in [0.2, 0.25) is 0 Å². The smallest absolute Gasteiger partial charge is 0.291 e. The molecule has 9 nitrogen and oxygen atoms in total. The summed E-state index contributed by atoms with van der Waals surface area (Å²) < 4.78 is 11.1. The number of furan rings is 1. The predicted molar refractivity (Wildman–Crippen MR) is 126 cm³/mol. The van der Waals surface area contributed by atoms with E-state index in [4.69, 9.17) is 9.15 Å². The molecule has 2 amide bonds. The van der Waals surface area contributed by atoms with Crippen LogP contribution in [0.1, 0.15) is 74.7 Å². The number of morpholine rings is 1. The third kappa shape index (κ3) is 6.03. The van der Waals surface area contributed by atoms with Crippen LogP contribution in [-0.4, -0.2) is 59.3 Å². The van der Waals surface area contributed by atoms with Crippen molar-refractivity contribution in [3.8, 4) is 0 Å². The van der Waals surface area contributed by atoms with Crippen molar-refractivity contribution in [1.29, 1.82) is 0 Å². The zero-order valence-corrected chi connectivity index (χ0v) is 19.8. The van der Waals surface area contributed by atoms with Gasteiger partial charge in [0.1, 0.15) is 11.5 Å². The second-order valence-corrected chi connectivity index (χ2v) is 10.2. The highest BCUT2D eigenvalue weighted by Gasteiger charge is 2.31. The van der Waals surface area contributed by atoms with Crippen molar-refractivity contribution in [3.63, 3.8) is 0 Å². The molecule has 33 heavy (non-hydrogen) atoms. The molecule has 0 spiro atoms. The van der Waals surface area contributed by atoms with Crippen LogP contribution in [0.4, 0.5) is 5.69 Å². The molecule has 2 aromatic heterocycles. The van der Waals surface area contributed by atoms with Gasteiger partial charge in [0.2, 0.25) is 0 Å². The van der Waals surface area contributed by atoms with Crippen LogP contribution in [0.3, 0.4) is 0 Å². The summed E-state index contributed by atoms with van der Waals surface area (Å²) in [6.45, 7) is 10.6. The zero-order valence-electron chi connectivity index (χ0n) is 19.8. The number of aromatic nitrogens is 2. The number of H-pyrrole nitrogens is 1. The first-order valence-electron chi connectivity index (χ1n) is 11.8. The number of anilines is 1. The molecule has 0 aromatic carbocycles. The fraction of sp³-hybridized carbons (Fsp3) is 0.625. The van der Waals surface area contributed by atoms with Crippen molar-refractivity contribution in [2.24, 2.45) is 11.3 Å². The molecular formula is C24H37N5O4. The minimum atomic E-state index is -0.413. The molecule has 9 heteroatoms. The molecule has 0 radical (unpaired) electrons. The molecule has 0 atom stereocenters. The van der Waals surface area contributed by atoms with Gasteiger partial charge in [0.05, 0.1) is 31.6 Å². The van der Waals surface area contributed by atoms with Crippen molar-refractivity contribution in [2.45, 2.75) is 59.0 Å². The van der Waals surface area contributed by atoms with Crippen LogP contribution >= 0.6 is 0 Å². The summed E-state index contributed by atoms with van der Waals surface area (Å²) in [5.74, 6) is 0.928. The van der Waals surface area contributed by atoms with Gasteiger partial charge in [-0.1, -0.05) is 20.8 Å². The molecule has 0 unspecified atom stereocenters. The lowest BCUT2D eigenvalue weighted by molar-refractivity contribution is 0.0312. The van der Waals surface area contributed by atoms with E-state index in [0.717, 1.165) is 44.5 Å². The minimum Gasteiger partial charge on any atom is -0.455 e. The highest BCUT2D eigenvalue weighted by molar-refractivity contribution is 6.07. The van der Waals surface area contributed by atoms with Crippen LogP contribution in [-0.2, 0) is 11.3 Å². The topological polar surface area (TPSA) is 112 Å². The Bertz CT molecular complexity index is 953. The van der Waals surface area contributed by atoms with Gasteiger partial charge in [0.25, 0.3) is 11.8 Å². The molecule has 1 saturated heterocycles. The first-order chi connectivity index (χ1) is 15.8. The Morgan fingerprint density at radius 1 is 1.15 bits per heavy atom. The maximum atomic E-state index is 12.8. The van der Waals surface area contributed by atoms with E-state index in [2.05, 4.69) is 46.5 Å². The molecule has 1 saturated carbocycles. The highest BCUT2D eigenvalue weighted by Crippen LogP contribution is 2.37. The van der Waals surface area contributed by atoms with E-state index in [1.807, 2.05) is 0 Å². The first kappa shape index (κ1) is 23.5. The molecule has 3 heterocycles. The summed E-state index contributed by atoms with van der Waals surface area (Å²) in [7, 11) is 0. The lowest BCUT2D eigenvalue weighted by Crippen LogP contribution is -2.39. The van der Waals surface area contributed by atoms with E-state index in [1.165, 1.54) is 6.20 Å². The Labute approximate surface area is 196 Å². The number of rotatable bonds is 6. The number of nitrogens with zero attached hydrogens (tertiary/aromatic N) is 2. The molecule has 182 valence electrons. The number of hydrogen-bond donors (Lipinski definition) is 3. The lowest BCUT2D eigenvalue weighted by atomic mass is 9.71. The molecule has 1 aliphatic carbocycles. The molecule has 4 rings (SSSR count). The SMILES string of the molecule is CC(C)(C)C1CCC(NC(=O)c2[nH]ncc2NC(=O)c2ccc(CN3CCOCC3)o2)CC1.[HH]. The van der Waals surface area contributed by atoms with Crippen LogP contribution in [0.25, 0.3) is 0 Å². The van der Waals surface area contributed by atoms with Gasteiger partial charge in [0.15, 0.2) is 5.76 Å². The second kappa shape index (κ2) is 10.1. The number of hydrogen-bond acceptors (Lipinski definition) is 6. The standard InChI is InChI=1S/C24H35N5O4.H2/c1-24(2,3)16-4-6-17(7-5-16)26-23(31)21-19(14-25-28-21)27-22(30)20-9-8-18(33-20)15-29-10-12-32-13-11-29;/h8-9,14,16-17H,4-7,10-13,15H2,1-3H3,(H,25,28)(H,26,31)(H,27,30);1H. The van der Waals surface area contributed by atoms with Crippen molar-refractivity contribution in [1.82, 2.24) is 20.4 Å². The van der Waals surface area contributed by atoms with Crippen LogP contribution < -0.4 is 10.6 Å². The van der Waals surface area contributed by atoms with Crippen LogP contribution in [0.5, 0.6) is 0 Å². The number of carbonyl (C=O) groups excluding carboxylic acids is 2. The van der Waals surface area contributed by atoms with Crippen molar-refractivity contribution < 1.29 is 20.2 Å². The third-order valence-electron chi connectivity index (χ3n) is 6.77. The van der Waals surface area contributed by atoms with Gasteiger partial charge in [-0.05, 0) is 49.1 Å². The number of amides is 2. The Hall–Kier alpha value is -2.65. The van der Waals surface area contributed by atoms with E-state index in [-0.39, 0.29) is 24.8 Å².